The fraction of sp³-hybridized carbons (Fsp3) is 0.286. The fourth-order valence-corrected chi connectivity index (χ4v) is 1.91. The van der Waals surface area contributed by atoms with E-state index >= 15 is 0 Å². The number of pyridine rings is 1. The summed E-state index contributed by atoms with van der Waals surface area (Å²) < 4.78 is 25.2. The SMILES string of the molecule is OCc1nc(Br)c(C(F)F)cc1I. The van der Waals surface area contributed by atoms with Gasteiger partial charge in [-0.1, -0.05) is 0 Å². The predicted molar refractivity (Wildman–Crippen MR) is 55.5 cm³/mol. The molecule has 0 radical (unpaired) electrons. The number of nitrogens with zero attached hydrogens (tertiary/aromatic N) is 1. The molecule has 0 fully saturated rings. The largest absolute Gasteiger partial charge is 0.390 e. The maximum absolute atomic E-state index is 12.3. The van der Waals surface area contributed by atoms with Crippen molar-refractivity contribution >= 4 is 38.5 Å². The number of rotatable bonds is 2. The first-order chi connectivity index (χ1) is 6.06. The average molecular weight is 364 g/mol. The normalized spacial score (nSPS) is 10.9. The lowest BCUT2D eigenvalue weighted by molar-refractivity contribution is 0.149. The molecule has 0 aliphatic rings. The summed E-state index contributed by atoms with van der Waals surface area (Å²) >= 11 is 4.78. The monoisotopic (exact) mass is 363 g/mol. The highest BCUT2D eigenvalue weighted by molar-refractivity contribution is 14.1. The highest BCUT2D eigenvalue weighted by Crippen LogP contribution is 2.28. The van der Waals surface area contributed by atoms with Gasteiger partial charge in [0, 0.05) is 3.57 Å². The summed E-state index contributed by atoms with van der Waals surface area (Å²) in [6, 6.07) is 1.31. The summed E-state index contributed by atoms with van der Waals surface area (Å²) in [5.74, 6) is 0. The number of aliphatic hydroxyl groups excluding tert-OH is 1. The van der Waals surface area contributed by atoms with Crippen molar-refractivity contribution in [3.63, 3.8) is 0 Å². The number of hydrogen-bond donors (Lipinski definition) is 1. The molecule has 1 rings (SSSR count). The molecule has 0 atom stereocenters. The molecule has 0 aliphatic carbocycles. The van der Waals surface area contributed by atoms with Crippen molar-refractivity contribution in [3.8, 4) is 0 Å². The van der Waals surface area contributed by atoms with E-state index in [0.717, 1.165) is 0 Å². The summed E-state index contributed by atoms with van der Waals surface area (Å²) in [6.45, 7) is -0.250. The first-order valence-electron chi connectivity index (χ1n) is 3.30. The van der Waals surface area contributed by atoms with Gasteiger partial charge in [0.15, 0.2) is 0 Å². The van der Waals surface area contributed by atoms with Gasteiger partial charge >= 0.3 is 0 Å². The molecule has 6 heteroatoms. The van der Waals surface area contributed by atoms with Gasteiger partial charge in [-0.2, -0.15) is 0 Å². The molecule has 1 aromatic rings. The van der Waals surface area contributed by atoms with E-state index in [0.29, 0.717) is 9.26 Å². The van der Waals surface area contributed by atoms with E-state index < -0.39 is 6.43 Å². The van der Waals surface area contributed by atoms with Gasteiger partial charge in [-0.25, -0.2) is 13.8 Å². The summed E-state index contributed by atoms with van der Waals surface area (Å²) in [4.78, 5) is 3.79. The number of halogens is 4. The average Bonchev–Trinajstić information content (AvgIpc) is 2.07. The first kappa shape index (κ1) is 11.3. The third-order valence-electron chi connectivity index (χ3n) is 1.41. The maximum Gasteiger partial charge on any atom is 0.266 e. The molecule has 72 valence electrons. The van der Waals surface area contributed by atoms with Crippen LogP contribution in [0.25, 0.3) is 0 Å². The molecule has 0 spiro atoms. The Bertz CT molecular complexity index is 322. The zero-order chi connectivity index (χ0) is 10.0. The quantitative estimate of drug-likeness (QED) is 0.647. The molecule has 13 heavy (non-hydrogen) atoms. The van der Waals surface area contributed by atoms with Crippen LogP contribution in [0.2, 0.25) is 0 Å². The van der Waals surface area contributed by atoms with Crippen molar-refractivity contribution in [1.29, 1.82) is 0 Å². The highest BCUT2D eigenvalue weighted by atomic mass is 127. The third kappa shape index (κ3) is 2.57. The van der Waals surface area contributed by atoms with E-state index in [1.807, 2.05) is 22.6 Å². The van der Waals surface area contributed by atoms with Crippen molar-refractivity contribution in [1.82, 2.24) is 4.98 Å². The summed E-state index contributed by atoms with van der Waals surface area (Å²) in [5, 5.41) is 8.80. The van der Waals surface area contributed by atoms with Gasteiger partial charge in [-0.15, -0.1) is 0 Å². The van der Waals surface area contributed by atoms with Gasteiger partial charge < -0.3 is 5.11 Å². The van der Waals surface area contributed by atoms with Gasteiger partial charge in [0.25, 0.3) is 6.43 Å². The lowest BCUT2D eigenvalue weighted by Crippen LogP contribution is -1.98. The topological polar surface area (TPSA) is 33.1 Å². The zero-order valence-electron chi connectivity index (χ0n) is 6.27. The molecular formula is C7H5BrF2INO. The van der Waals surface area contributed by atoms with Gasteiger partial charge in [-0.3, -0.25) is 0 Å². The molecule has 0 aliphatic heterocycles. The second-order valence-corrected chi connectivity index (χ2v) is 4.17. The lowest BCUT2D eigenvalue weighted by atomic mass is 10.2. The molecule has 0 aromatic carbocycles. The second-order valence-electron chi connectivity index (χ2n) is 2.26. The first-order valence-corrected chi connectivity index (χ1v) is 5.17. The van der Waals surface area contributed by atoms with Crippen LogP contribution in [0.5, 0.6) is 0 Å². The van der Waals surface area contributed by atoms with Crippen molar-refractivity contribution in [2.45, 2.75) is 13.0 Å². The minimum atomic E-state index is -2.55. The van der Waals surface area contributed by atoms with Gasteiger partial charge in [0.2, 0.25) is 0 Å². The van der Waals surface area contributed by atoms with Crippen LogP contribution in [0.1, 0.15) is 17.7 Å². The number of aromatic nitrogens is 1. The Morgan fingerprint density at radius 2 is 2.23 bits per heavy atom. The molecule has 0 saturated carbocycles. The van der Waals surface area contributed by atoms with Crippen LogP contribution >= 0.6 is 38.5 Å². The number of aliphatic hydroxyl groups is 1. The van der Waals surface area contributed by atoms with Crippen LogP contribution in [-0.2, 0) is 6.61 Å². The fourth-order valence-electron chi connectivity index (χ4n) is 0.780. The lowest BCUT2D eigenvalue weighted by Gasteiger charge is -2.06. The van der Waals surface area contributed by atoms with Gasteiger partial charge in [0.1, 0.15) is 4.60 Å². The van der Waals surface area contributed by atoms with E-state index in [1.54, 1.807) is 0 Å². The van der Waals surface area contributed by atoms with E-state index in [-0.39, 0.29) is 16.8 Å². The Hall–Kier alpha value is 0.180. The van der Waals surface area contributed by atoms with Crippen molar-refractivity contribution in [2.24, 2.45) is 0 Å². The second kappa shape index (κ2) is 4.61. The molecule has 2 nitrogen and oxygen atoms in total. The van der Waals surface area contributed by atoms with E-state index in [9.17, 15) is 8.78 Å². The zero-order valence-corrected chi connectivity index (χ0v) is 10.0. The summed E-state index contributed by atoms with van der Waals surface area (Å²) in [6.07, 6.45) is -2.55. The third-order valence-corrected chi connectivity index (χ3v) is 2.98. The Kier molecular flexibility index (Phi) is 3.99. The summed E-state index contributed by atoms with van der Waals surface area (Å²) in [7, 11) is 0. The summed E-state index contributed by atoms with van der Waals surface area (Å²) in [5.41, 5.74) is 0.249. The van der Waals surface area contributed by atoms with E-state index in [1.165, 1.54) is 6.07 Å². The Balaban J connectivity index is 3.20. The molecule has 0 unspecified atom stereocenters. The Morgan fingerprint density at radius 1 is 1.62 bits per heavy atom. The molecule has 0 bridgehead atoms. The van der Waals surface area contributed by atoms with Crippen LogP contribution in [-0.4, -0.2) is 10.1 Å². The molecular weight excluding hydrogens is 359 g/mol. The number of alkyl halides is 2. The smallest absolute Gasteiger partial charge is 0.266 e. The Morgan fingerprint density at radius 3 is 2.69 bits per heavy atom. The minimum Gasteiger partial charge on any atom is -0.390 e. The van der Waals surface area contributed by atoms with Crippen LogP contribution in [0.4, 0.5) is 8.78 Å². The van der Waals surface area contributed by atoms with Crippen molar-refractivity contribution in [2.75, 3.05) is 0 Å². The van der Waals surface area contributed by atoms with Crippen LogP contribution in [0, 0.1) is 3.57 Å². The molecule has 1 heterocycles. The molecule has 1 aromatic heterocycles. The highest BCUT2D eigenvalue weighted by Gasteiger charge is 2.15. The maximum atomic E-state index is 12.3. The predicted octanol–water partition coefficient (Wildman–Crippen LogP) is 2.88. The van der Waals surface area contributed by atoms with Crippen molar-refractivity contribution in [3.05, 3.63) is 25.5 Å². The minimum absolute atomic E-state index is 0.0898. The van der Waals surface area contributed by atoms with Gasteiger partial charge in [0.05, 0.1) is 17.9 Å². The van der Waals surface area contributed by atoms with Crippen LogP contribution in [0.15, 0.2) is 10.7 Å². The standard InChI is InChI=1S/C7H5BrF2INO/c8-6-3(7(9)10)1-4(11)5(2-13)12-6/h1,7,13H,2H2. The van der Waals surface area contributed by atoms with E-state index in [2.05, 4.69) is 20.9 Å². The number of hydrogen-bond acceptors (Lipinski definition) is 2. The van der Waals surface area contributed by atoms with Crippen molar-refractivity contribution < 1.29 is 13.9 Å². The molecule has 1 N–H and O–H groups in total. The molecule has 0 amide bonds. The van der Waals surface area contributed by atoms with Crippen LogP contribution < -0.4 is 0 Å². The van der Waals surface area contributed by atoms with Gasteiger partial charge in [-0.05, 0) is 44.6 Å². The Labute approximate surface area is 95.6 Å². The van der Waals surface area contributed by atoms with Crippen LogP contribution in [0.3, 0.4) is 0 Å². The molecule has 0 saturated heterocycles. The van der Waals surface area contributed by atoms with E-state index in [4.69, 9.17) is 5.11 Å².